The number of hydrogen-bond acceptors (Lipinski definition) is 8. The van der Waals surface area contributed by atoms with E-state index in [0.717, 1.165) is 32.9 Å². The average molecular weight is 637 g/mol. The molecule has 0 unspecified atom stereocenters. The second kappa shape index (κ2) is 13.8. The number of carbonyl (C=O) groups is 4. The van der Waals surface area contributed by atoms with Crippen LogP contribution in [0, 0.1) is 0 Å². The van der Waals surface area contributed by atoms with Crippen molar-refractivity contribution in [3.05, 3.63) is 96.6 Å². The molecular weight excluding hydrogens is 600 g/mol. The van der Waals surface area contributed by atoms with Gasteiger partial charge in [0.1, 0.15) is 24.2 Å². The molecule has 5 aromatic rings. The molecule has 2 amide bonds. The first-order valence-electron chi connectivity index (χ1n) is 15.4. The highest BCUT2D eigenvalue weighted by molar-refractivity contribution is 5.96. The van der Waals surface area contributed by atoms with Gasteiger partial charge in [-0.05, 0) is 48.2 Å². The van der Waals surface area contributed by atoms with Crippen molar-refractivity contribution in [2.45, 2.75) is 49.9 Å². The number of ether oxygens (including phenoxy) is 2. The smallest absolute Gasteiger partial charge is 0.328 e. The Labute approximate surface area is 270 Å². The van der Waals surface area contributed by atoms with Crippen molar-refractivity contribution in [2.24, 2.45) is 0 Å². The predicted molar refractivity (Wildman–Crippen MR) is 175 cm³/mol. The van der Waals surface area contributed by atoms with Gasteiger partial charge in [0.2, 0.25) is 11.8 Å². The minimum absolute atomic E-state index is 0.211. The van der Waals surface area contributed by atoms with Crippen molar-refractivity contribution in [1.82, 2.24) is 25.6 Å². The summed E-state index contributed by atoms with van der Waals surface area (Å²) in [6, 6.07) is 15.4. The molecule has 12 heteroatoms. The number of H-pyrrole nitrogens is 2. The Morgan fingerprint density at radius 1 is 0.745 bits per heavy atom. The van der Waals surface area contributed by atoms with Crippen LogP contribution in [-0.2, 0) is 41.5 Å². The summed E-state index contributed by atoms with van der Waals surface area (Å²) in [5.74, 6) is -2.00. The highest BCUT2D eigenvalue weighted by atomic mass is 16.5. The van der Waals surface area contributed by atoms with Crippen LogP contribution in [-0.4, -0.2) is 77.1 Å². The Balaban J connectivity index is 1.23. The zero-order valence-corrected chi connectivity index (χ0v) is 26.1. The summed E-state index contributed by atoms with van der Waals surface area (Å²) < 4.78 is 10.1. The van der Waals surface area contributed by atoms with E-state index in [4.69, 9.17) is 9.47 Å². The third kappa shape index (κ3) is 6.53. The molecule has 4 N–H and O–H groups in total. The number of aromatic nitrogens is 3. The number of methoxy groups -OCH3 is 2. The quantitative estimate of drug-likeness (QED) is 0.161. The van der Waals surface area contributed by atoms with Crippen LogP contribution in [0.25, 0.3) is 21.8 Å². The molecule has 0 spiro atoms. The molecule has 4 heterocycles. The Morgan fingerprint density at radius 2 is 1.19 bits per heavy atom. The highest BCUT2D eigenvalue weighted by Gasteiger charge is 2.43. The molecule has 47 heavy (non-hydrogen) atoms. The molecule has 3 aromatic heterocycles. The maximum absolute atomic E-state index is 13.9. The van der Waals surface area contributed by atoms with Gasteiger partial charge < -0.3 is 35.0 Å². The number of carbonyl (C=O) groups excluding carboxylic acids is 4. The summed E-state index contributed by atoms with van der Waals surface area (Å²) >= 11 is 0. The summed E-state index contributed by atoms with van der Waals surface area (Å²) in [5, 5.41) is 7.67. The van der Waals surface area contributed by atoms with Crippen molar-refractivity contribution in [3.8, 4) is 0 Å². The van der Waals surface area contributed by atoms with Crippen LogP contribution in [0.4, 0.5) is 5.69 Å². The molecule has 2 aromatic carbocycles. The van der Waals surface area contributed by atoms with Gasteiger partial charge in [0.25, 0.3) is 0 Å². The number of aromatic amines is 2. The van der Waals surface area contributed by atoms with Crippen molar-refractivity contribution in [1.29, 1.82) is 0 Å². The summed E-state index contributed by atoms with van der Waals surface area (Å²) in [6.45, 7) is 0. The SMILES string of the molecule is COC(=O)[C@H](Cc1c[nH]c2ccccc12)NC(=O)[C@@H]1CC[C@@H](C(=O)N[C@@H](Cc2c[nH]c3ccccc23)C(=O)OC)N1c1ccncc1. The van der Waals surface area contributed by atoms with Gasteiger partial charge in [0, 0.05) is 65.1 Å². The van der Waals surface area contributed by atoms with E-state index < -0.39 is 47.9 Å². The third-order valence-electron chi connectivity index (χ3n) is 8.75. The van der Waals surface area contributed by atoms with Crippen LogP contribution in [0.2, 0.25) is 0 Å². The molecule has 1 fully saturated rings. The van der Waals surface area contributed by atoms with Crippen LogP contribution in [0.1, 0.15) is 24.0 Å². The number of pyridine rings is 1. The van der Waals surface area contributed by atoms with Gasteiger partial charge in [-0.15, -0.1) is 0 Å². The van der Waals surface area contributed by atoms with Gasteiger partial charge in [-0.1, -0.05) is 36.4 Å². The Bertz CT molecular complexity index is 1780. The van der Waals surface area contributed by atoms with Gasteiger partial charge in [-0.2, -0.15) is 0 Å². The van der Waals surface area contributed by atoms with Crippen molar-refractivity contribution in [3.63, 3.8) is 0 Å². The van der Waals surface area contributed by atoms with E-state index in [1.54, 1.807) is 29.4 Å². The van der Waals surface area contributed by atoms with Crippen LogP contribution < -0.4 is 15.5 Å². The standard InChI is InChI=1S/C35H36N6O6/c1-46-34(44)28(17-21-19-37-26-9-5-3-7-24(21)26)39-32(42)30-11-12-31(41(30)23-13-15-36-16-14-23)33(43)40-29(35(45)47-2)18-22-20-38-27-10-6-4-8-25(22)27/h3-10,13-16,19-20,28-31,37-38H,11-12,17-18H2,1-2H3,(H,39,42)(H,40,43)/t28-,29-,30-,31-/m0/s1. The molecule has 0 bridgehead atoms. The predicted octanol–water partition coefficient (Wildman–Crippen LogP) is 3.18. The van der Waals surface area contributed by atoms with Gasteiger partial charge >= 0.3 is 11.9 Å². The number of benzene rings is 2. The molecule has 12 nitrogen and oxygen atoms in total. The van der Waals surface area contributed by atoms with E-state index in [1.807, 2.05) is 60.9 Å². The average Bonchev–Trinajstić information content (AvgIpc) is 3.85. The minimum Gasteiger partial charge on any atom is -0.467 e. The number of amides is 2. The molecule has 242 valence electrons. The molecule has 0 radical (unpaired) electrons. The molecule has 1 aliphatic heterocycles. The van der Waals surface area contributed by atoms with Crippen LogP contribution in [0.5, 0.6) is 0 Å². The molecule has 6 rings (SSSR count). The van der Waals surface area contributed by atoms with Crippen molar-refractivity contribution < 1.29 is 28.7 Å². The summed E-state index contributed by atoms with van der Waals surface area (Å²) in [5.41, 5.74) is 4.15. The Kier molecular flexibility index (Phi) is 9.18. The first-order chi connectivity index (χ1) is 22.9. The fourth-order valence-corrected chi connectivity index (χ4v) is 6.45. The number of nitrogens with one attached hydrogen (secondary N) is 4. The maximum Gasteiger partial charge on any atom is 0.328 e. The second-order valence-electron chi connectivity index (χ2n) is 11.5. The maximum atomic E-state index is 13.9. The first kappa shape index (κ1) is 31.3. The van der Waals surface area contributed by atoms with Crippen LogP contribution >= 0.6 is 0 Å². The number of rotatable bonds is 11. The molecule has 4 atom stereocenters. The Hall–Kier alpha value is -5.65. The zero-order valence-electron chi connectivity index (χ0n) is 26.1. The molecule has 1 aliphatic rings. The molecular formula is C35H36N6O6. The van der Waals surface area contributed by atoms with Gasteiger partial charge in [-0.25, -0.2) is 9.59 Å². The van der Waals surface area contributed by atoms with E-state index >= 15 is 0 Å². The lowest BCUT2D eigenvalue weighted by Crippen LogP contribution is -2.55. The number of esters is 2. The number of fused-ring (bicyclic) bond motifs is 2. The van der Waals surface area contributed by atoms with Gasteiger partial charge in [-0.3, -0.25) is 14.6 Å². The van der Waals surface area contributed by atoms with Gasteiger partial charge in [0.15, 0.2) is 0 Å². The highest BCUT2D eigenvalue weighted by Crippen LogP contribution is 2.31. The van der Waals surface area contributed by atoms with Gasteiger partial charge in [0.05, 0.1) is 14.2 Å². The topological polar surface area (TPSA) is 159 Å². The van der Waals surface area contributed by atoms with Crippen molar-refractivity contribution in [2.75, 3.05) is 19.1 Å². The number of nitrogens with zero attached hydrogens (tertiary/aromatic N) is 2. The lowest BCUT2D eigenvalue weighted by Gasteiger charge is -2.32. The van der Waals surface area contributed by atoms with E-state index in [9.17, 15) is 19.2 Å². The van der Waals surface area contributed by atoms with Crippen LogP contribution in [0.15, 0.2) is 85.5 Å². The number of hydrogen-bond donors (Lipinski definition) is 4. The van der Waals surface area contributed by atoms with E-state index in [0.29, 0.717) is 18.5 Å². The third-order valence-corrected chi connectivity index (χ3v) is 8.75. The first-order valence-corrected chi connectivity index (χ1v) is 15.4. The van der Waals surface area contributed by atoms with E-state index in [2.05, 4.69) is 25.6 Å². The summed E-state index contributed by atoms with van der Waals surface area (Å²) in [4.78, 5) is 65.9. The lowest BCUT2D eigenvalue weighted by molar-refractivity contribution is -0.145. The number of anilines is 1. The molecule has 0 aliphatic carbocycles. The summed E-state index contributed by atoms with van der Waals surface area (Å²) in [7, 11) is 2.56. The van der Waals surface area contributed by atoms with Crippen molar-refractivity contribution >= 4 is 51.2 Å². The lowest BCUT2D eigenvalue weighted by atomic mass is 10.0. The fraction of sp³-hybridized carbons (Fsp3) is 0.286. The van der Waals surface area contributed by atoms with E-state index in [1.165, 1.54) is 14.2 Å². The molecule has 0 saturated carbocycles. The summed E-state index contributed by atoms with van der Waals surface area (Å²) in [6.07, 6.45) is 7.89. The molecule has 1 saturated heterocycles. The largest absolute Gasteiger partial charge is 0.467 e. The number of para-hydroxylation sites is 2. The van der Waals surface area contributed by atoms with E-state index in [-0.39, 0.29) is 12.8 Å². The monoisotopic (exact) mass is 636 g/mol. The Morgan fingerprint density at radius 3 is 1.64 bits per heavy atom. The zero-order chi connectivity index (χ0) is 32.9. The minimum atomic E-state index is -0.959. The normalized spacial score (nSPS) is 17.3. The second-order valence-corrected chi connectivity index (χ2v) is 11.5. The van der Waals surface area contributed by atoms with Crippen LogP contribution in [0.3, 0.4) is 0 Å². The fourth-order valence-electron chi connectivity index (χ4n) is 6.45.